The first-order chi connectivity index (χ1) is 6.81. The minimum atomic E-state index is -0.0463. The molecule has 4 nitrogen and oxygen atoms in total. The molecule has 0 bridgehead atoms. The molecule has 0 unspecified atom stereocenters. The second-order valence-corrected chi connectivity index (χ2v) is 3.25. The van der Waals surface area contributed by atoms with Crippen LogP contribution in [0.2, 0.25) is 0 Å². The summed E-state index contributed by atoms with van der Waals surface area (Å²) in [5.41, 5.74) is 5.29. The van der Waals surface area contributed by atoms with E-state index in [1.807, 2.05) is 0 Å². The lowest BCUT2D eigenvalue weighted by Crippen LogP contribution is -2.29. The van der Waals surface area contributed by atoms with Crippen LogP contribution < -0.4 is 11.1 Å². The van der Waals surface area contributed by atoms with Crippen LogP contribution in [0.3, 0.4) is 0 Å². The van der Waals surface area contributed by atoms with Crippen molar-refractivity contribution in [1.82, 2.24) is 5.32 Å². The number of unbranched alkanes of at least 4 members (excludes halogenated alkanes) is 2. The van der Waals surface area contributed by atoms with Gasteiger partial charge in [0.2, 0.25) is 5.91 Å². The minimum absolute atomic E-state index is 0. The zero-order valence-electron chi connectivity index (χ0n) is 9.46. The quantitative estimate of drug-likeness (QED) is 0.591. The average molecular weight is 239 g/mol. The molecule has 0 fully saturated rings. The van der Waals surface area contributed by atoms with E-state index < -0.39 is 0 Å². The molecule has 0 saturated heterocycles. The summed E-state index contributed by atoms with van der Waals surface area (Å²) in [5, 5.41) is 2.73. The molecular formula is C10H23ClN2O2. The first kappa shape index (κ1) is 17.1. The van der Waals surface area contributed by atoms with Gasteiger partial charge in [0.05, 0.1) is 0 Å². The third kappa shape index (κ3) is 13.7. The van der Waals surface area contributed by atoms with Crippen LogP contribution in [0.1, 0.15) is 32.6 Å². The third-order valence-electron chi connectivity index (χ3n) is 1.83. The van der Waals surface area contributed by atoms with Crippen molar-refractivity contribution in [3.05, 3.63) is 0 Å². The van der Waals surface area contributed by atoms with Gasteiger partial charge in [-0.05, 0) is 19.4 Å². The first-order valence-electron chi connectivity index (χ1n) is 5.35. The highest BCUT2D eigenvalue weighted by Gasteiger charge is 1.99. The number of carbonyl (C=O) groups is 1. The second kappa shape index (κ2) is 13.7. The monoisotopic (exact) mass is 238 g/mol. The number of hydrogen-bond acceptors (Lipinski definition) is 3. The molecule has 92 valence electrons. The Balaban J connectivity index is 0. The Labute approximate surface area is 98.3 Å². The lowest BCUT2D eigenvalue weighted by Gasteiger charge is -2.05. The Hall–Kier alpha value is -0.320. The maximum absolute atomic E-state index is 11.1. The Morgan fingerprint density at radius 1 is 1.33 bits per heavy atom. The molecule has 1 amide bonds. The highest BCUT2D eigenvalue weighted by Crippen LogP contribution is 1.93. The van der Waals surface area contributed by atoms with Crippen LogP contribution in [0.4, 0.5) is 0 Å². The molecule has 0 aliphatic heterocycles. The van der Waals surface area contributed by atoms with Crippen LogP contribution in [0.25, 0.3) is 0 Å². The number of nitrogens with two attached hydrogens (primary N) is 1. The van der Waals surface area contributed by atoms with Crippen molar-refractivity contribution < 1.29 is 9.53 Å². The standard InChI is InChI=1S/C10H22N2O2.ClH/c1-2-3-4-8-14-9-10(13)12-7-5-6-11;/h2-9,11H2,1H3,(H,12,13);1H. The van der Waals surface area contributed by atoms with Crippen molar-refractivity contribution >= 4 is 18.3 Å². The average Bonchev–Trinajstić information content (AvgIpc) is 2.18. The number of ether oxygens (including phenoxy) is 1. The SMILES string of the molecule is CCCCCOCC(=O)NCCCN.Cl. The Morgan fingerprint density at radius 2 is 2.07 bits per heavy atom. The normalized spacial score (nSPS) is 9.47. The minimum Gasteiger partial charge on any atom is -0.372 e. The molecule has 3 N–H and O–H groups in total. The molecule has 5 heteroatoms. The fourth-order valence-electron chi connectivity index (χ4n) is 1.000. The molecule has 0 aliphatic rings. The molecule has 0 radical (unpaired) electrons. The lowest BCUT2D eigenvalue weighted by molar-refractivity contribution is -0.125. The first-order valence-corrected chi connectivity index (χ1v) is 5.35. The summed E-state index contributed by atoms with van der Waals surface area (Å²) < 4.78 is 5.18. The van der Waals surface area contributed by atoms with Crippen LogP contribution in [-0.2, 0) is 9.53 Å². The van der Waals surface area contributed by atoms with Gasteiger partial charge in [-0.3, -0.25) is 4.79 Å². The fraction of sp³-hybridized carbons (Fsp3) is 0.900. The summed E-state index contributed by atoms with van der Waals surface area (Å²) in [6, 6.07) is 0. The van der Waals surface area contributed by atoms with Gasteiger partial charge in [-0.1, -0.05) is 19.8 Å². The zero-order chi connectivity index (χ0) is 10.6. The summed E-state index contributed by atoms with van der Waals surface area (Å²) in [4.78, 5) is 11.1. The van der Waals surface area contributed by atoms with Crippen molar-refractivity contribution in [2.75, 3.05) is 26.3 Å². The van der Waals surface area contributed by atoms with Crippen LogP contribution in [0.5, 0.6) is 0 Å². The maximum atomic E-state index is 11.1. The van der Waals surface area contributed by atoms with Gasteiger partial charge >= 0.3 is 0 Å². The summed E-state index contributed by atoms with van der Waals surface area (Å²) >= 11 is 0. The molecule has 0 aromatic rings. The largest absolute Gasteiger partial charge is 0.372 e. The van der Waals surface area contributed by atoms with E-state index in [1.165, 1.54) is 6.42 Å². The van der Waals surface area contributed by atoms with E-state index in [1.54, 1.807) is 0 Å². The van der Waals surface area contributed by atoms with E-state index in [0.717, 1.165) is 19.3 Å². The second-order valence-electron chi connectivity index (χ2n) is 3.25. The summed E-state index contributed by atoms with van der Waals surface area (Å²) in [5.74, 6) is -0.0463. The number of hydrogen-bond donors (Lipinski definition) is 2. The van der Waals surface area contributed by atoms with Crippen molar-refractivity contribution in [2.45, 2.75) is 32.6 Å². The van der Waals surface area contributed by atoms with Crippen LogP contribution in [0, 0.1) is 0 Å². The van der Waals surface area contributed by atoms with Gasteiger partial charge in [-0.15, -0.1) is 12.4 Å². The number of amides is 1. The number of nitrogens with one attached hydrogen (secondary N) is 1. The molecule has 0 rings (SSSR count). The van der Waals surface area contributed by atoms with Crippen LogP contribution in [-0.4, -0.2) is 32.2 Å². The van der Waals surface area contributed by atoms with E-state index >= 15 is 0 Å². The zero-order valence-corrected chi connectivity index (χ0v) is 10.3. The van der Waals surface area contributed by atoms with Gasteiger partial charge in [0.15, 0.2) is 0 Å². The summed E-state index contributed by atoms with van der Waals surface area (Å²) in [6.07, 6.45) is 4.19. The Kier molecular flexibility index (Phi) is 15.6. The number of carbonyl (C=O) groups excluding carboxylic acids is 1. The van der Waals surface area contributed by atoms with E-state index in [-0.39, 0.29) is 24.9 Å². The van der Waals surface area contributed by atoms with Crippen molar-refractivity contribution in [1.29, 1.82) is 0 Å². The van der Waals surface area contributed by atoms with Gasteiger partial charge in [0, 0.05) is 13.2 Å². The van der Waals surface area contributed by atoms with E-state index in [2.05, 4.69) is 12.2 Å². The van der Waals surface area contributed by atoms with Gasteiger partial charge < -0.3 is 15.8 Å². The molecule has 0 heterocycles. The van der Waals surface area contributed by atoms with Crippen molar-refractivity contribution in [3.8, 4) is 0 Å². The molecule has 0 spiro atoms. The van der Waals surface area contributed by atoms with E-state index in [0.29, 0.717) is 19.7 Å². The molecule has 0 aliphatic carbocycles. The predicted molar refractivity (Wildman–Crippen MR) is 64.3 cm³/mol. The van der Waals surface area contributed by atoms with Crippen molar-refractivity contribution in [3.63, 3.8) is 0 Å². The van der Waals surface area contributed by atoms with Gasteiger partial charge in [-0.2, -0.15) is 0 Å². The van der Waals surface area contributed by atoms with Crippen LogP contribution in [0.15, 0.2) is 0 Å². The predicted octanol–water partition coefficient (Wildman–Crippen LogP) is 1.08. The van der Waals surface area contributed by atoms with Gasteiger partial charge in [0.1, 0.15) is 6.61 Å². The molecule has 0 aromatic carbocycles. The highest BCUT2D eigenvalue weighted by atomic mass is 35.5. The maximum Gasteiger partial charge on any atom is 0.245 e. The molecular weight excluding hydrogens is 216 g/mol. The third-order valence-corrected chi connectivity index (χ3v) is 1.83. The molecule has 15 heavy (non-hydrogen) atoms. The van der Waals surface area contributed by atoms with Gasteiger partial charge in [-0.25, -0.2) is 0 Å². The summed E-state index contributed by atoms with van der Waals surface area (Å²) in [7, 11) is 0. The van der Waals surface area contributed by atoms with Crippen LogP contribution >= 0.6 is 12.4 Å². The number of halogens is 1. The molecule has 0 atom stereocenters. The van der Waals surface area contributed by atoms with Gasteiger partial charge in [0.25, 0.3) is 0 Å². The van der Waals surface area contributed by atoms with E-state index in [4.69, 9.17) is 10.5 Å². The Bertz CT molecular complexity index is 145. The summed E-state index contributed by atoms with van der Waals surface area (Å²) in [6.45, 7) is 4.25. The smallest absolute Gasteiger partial charge is 0.245 e. The number of rotatable bonds is 9. The molecule has 0 aromatic heterocycles. The topological polar surface area (TPSA) is 64.3 Å². The van der Waals surface area contributed by atoms with Crippen molar-refractivity contribution in [2.24, 2.45) is 5.73 Å². The lowest BCUT2D eigenvalue weighted by atomic mass is 10.3. The highest BCUT2D eigenvalue weighted by molar-refractivity contribution is 5.85. The Morgan fingerprint density at radius 3 is 2.67 bits per heavy atom. The fourth-order valence-corrected chi connectivity index (χ4v) is 1.000. The molecule has 0 saturated carbocycles. The van der Waals surface area contributed by atoms with E-state index in [9.17, 15) is 4.79 Å².